The van der Waals surface area contributed by atoms with Gasteiger partial charge in [0.2, 0.25) is 0 Å². The van der Waals surface area contributed by atoms with E-state index in [1.54, 1.807) is 0 Å². The first-order chi connectivity index (χ1) is 15.6. The molecular formula is C21H29N3O8S. The summed E-state index contributed by atoms with van der Waals surface area (Å²) in [5, 5.41) is 11.6. The fourth-order valence-corrected chi connectivity index (χ4v) is 5.87. The van der Waals surface area contributed by atoms with Gasteiger partial charge >= 0.3 is 5.97 Å². The number of hydrogen-bond acceptors (Lipinski definition) is 9. The number of ether oxygens (including phenoxy) is 2. The maximum atomic E-state index is 12.8. The number of anilines is 1. The van der Waals surface area contributed by atoms with Gasteiger partial charge in [-0.25, -0.2) is 13.2 Å². The summed E-state index contributed by atoms with van der Waals surface area (Å²) in [6.07, 6.45) is 0.965. The van der Waals surface area contributed by atoms with E-state index >= 15 is 0 Å². The van der Waals surface area contributed by atoms with Crippen LogP contribution in [0.25, 0.3) is 0 Å². The van der Waals surface area contributed by atoms with Crippen LogP contribution in [0.1, 0.15) is 37.0 Å². The molecule has 0 bridgehead atoms. The lowest BCUT2D eigenvalue weighted by atomic mass is 10.1. The Bertz CT molecular complexity index is 1010. The third-order valence-electron chi connectivity index (χ3n) is 6.04. The normalized spacial score (nSPS) is 20.8. The van der Waals surface area contributed by atoms with Gasteiger partial charge in [-0.1, -0.05) is 6.92 Å². The highest BCUT2D eigenvalue weighted by Crippen LogP contribution is 2.30. The van der Waals surface area contributed by atoms with Gasteiger partial charge in [0.25, 0.3) is 11.6 Å². The summed E-state index contributed by atoms with van der Waals surface area (Å²) in [4.78, 5) is 39.7. The van der Waals surface area contributed by atoms with Crippen molar-refractivity contribution in [3.8, 4) is 0 Å². The van der Waals surface area contributed by atoms with E-state index in [-0.39, 0.29) is 28.8 Å². The second kappa shape index (κ2) is 10.5. The Kier molecular flexibility index (Phi) is 7.90. The zero-order valence-corrected chi connectivity index (χ0v) is 19.6. The standard InChI is InChI=1S/C21H29N3O8S/c1-3-15(2)23(17-6-11-33(29,30)14-17)20(25)13-32-21(26)16-4-5-18(19(12-16)24(27)28)22-7-9-31-10-8-22/h4-5,12,15,17H,3,6-11,13-14H2,1-2H3/t15-,17-/m1/s1. The Morgan fingerprint density at radius 2 is 2.03 bits per heavy atom. The molecule has 1 aromatic carbocycles. The van der Waals surface area contributed by atoms with E-state index in [4.69, 9.17) is 9.47 Å². The molecule has 0 unspecified atom stereocenters. The van der Waals surface area contributed by atoms with E-state index in [0.29, 0.717) is 44.8 Å². The number of esters is 1. The van der Waals surface area contributed by atoms with Gasteiger partial charge in [0.05, 0.1) is 35.2 Å². The first kappa shape index (κ1) is 24.9. The summed E-state index contributed by atoms with van der Waals surface area (Å²) in [6, 6.07) is 3.40. The molecule has 0 N–H and O–H groups in total. The number of nitro groups is 1. The van der Waals surface area contributed by atoms with Crippen LogP contribution in [-0.4, -0.2) is 86.6 Å². The monoisotopic (exact) mass is 483 g/mol. The highest BCUT2D eigenvalue weighted by atomic mass is 32.2. The minimum absolute atomic E-state index is 0.0246. The number of hydrogen-bond donors (Lipinski definition) is 0. The lowest BCUT2D eigenvalue weighted by Crippen LogP contribution is -2.48. The number of carbonyl (C=O) groups excluding carboxylic acids is 2. The Balaban J connectivity index is 1.70. The molecule has 2 aliphatic rings. The number of nitrogens with zero attached hydrogens (tertiary/aromatic N) is 3. The molecule has 12 heteroatoms. The highest BCUT2D eigenvalue weighted by Gasteiger charge is 2.37. The molecule has 1 aromatic rings. The molecule has 0 aliphatic carbocycles. The smallest absolute Gasteiger partial charge is 0.338 e. The molecule has 2 heterocycles. The minimum atomic E-state index is -3.19. The quantitative estimate of drug-likeness (QED) is 0.305. The van der Waals surface area contributed by atoms with Crippen LogP contribution in [0, 0.1) is 10.1 Å². The van der Waals surface area contributed by atoms with Crippen molar-refractivity contribution in [2.75, 3.05) is 49.3 Å². The van der Waals surface area contributed by atoms with E-state index in [1.165, 1.54) is 17.0 Å². The largest absolute Gasteiger partial charge is 0.452 e. The van der Waals surface area contributed by atoms with Crippen molar-refractivity contribution in [1.29, 1.82) is 0 Å². The Hall–Kier alpha value is -2.73. The lowest BCUT2D eigenvalue weighted by molar-refractivity contribution is -0.384. The van der Waals surface area contributed by atoms with Gasteiger partial charge in [-0.2, -0.15) is 0 Å². The molecular weight excluding hydrogens is 454 g/mol. The first-order valence-corrected chi connectivity index (χ1v) is 12.7. The molecule has 11 nitrogen and oxygen atoms in total. The zero-order chi connectivity index (χ0) is 24.2. The van der Waals surface area contributed by atoms with Gasteiger partial charge in [0.1, 0.15) is 5.69 Å². The Labute approximate surface area is 192 Å². The van der Waals surface area contributed by atoms with Crippen LogP contribution in [0.5, 0.6) is 0 Å². The van der Waals surface area contributed by atoms with Gasteiger partial charge in [-0.3, -0.25) is 14.9 Å². The van der Waals surface area contributed by atoms with Crippen LogP contribution in [-0.2, 0) is 24.1 Å². The lowest BCUT2D eigenvalue weighted by Gasteiger charge is -2.33. The van der Waals surface area contributed by atoms with Crippen molar-refractivity contribution in [3.05, 3.63) is 33.9 Å². The molecule has 2 aliphatic heterocycles. The third kappa shape index (κ3) is 5.99. The summed E-state index contributed by atoms with van der Waals surface area (Å²) >= 11 is 0. The van der Waals surface area contributed by atoms with Crippen LogP contribution in [0.15, 0.2) is 18.2 Å². The molecule has 2 saturated heterocycles. The van der Waals surface area contributed by atoms with Crippen LogP contribution >= 0.6 is 0 Å². The number of rotatable bonds is 8. The van der Waals surface area contributed by atoms with E-state index in [0.717, 1.165) is 6.07 Å². The topological polar surface area (TPSA) is 136 Å². The van der Waals surface area contributed by atoms with Crippen molar-refractivity contribution in [2.45, 2.75) is 38.8 Å². The third-order valence-corrected chi connectivity index (χ3v) is 7.79. The number of benzene rings is 1. The number of carbonyl (C=O) groups is 2. The molecule has 182 valence electrons. The molecule has 0 aromatic heterocycles. The summed E-state index contributed by atoms with van der Waals surface area (Å²) in [6.45, 7) is 5.05. The van der Waals surface area contributed by atoms with Gasteiger partial charge in [0, 0.05) is 31.2 Å². The Morgan fingerprint density at radius 1 is 1.33 bits per heavy atom. The SMILES string of the molecule is CC[C@@H](C)N(C(=O)COC(=O)c1ccc(N2CCOCC2)c([N+](=O)[O-])c1)[C@@H]1CCS(=O)(=O)C1. The molecule has 2 fully saturated rings. The van der Waals surface area contributed by atoms with Crippen molar-refractivity contribution < 1.29 is 32.4 Å². The molecule has 0 spiro atoms. The molecule has 2 atom stereocenters. The van der Waals surface area contributed by atoms with Gasteiger partial charge in [-0.05, 0) is 31.9 Å². The predicted molar refractivity (Wildman–Crippen MR) is 120 cm³/mol. The molecule has 3 rings (SSSR count). The second-order valence-electron chi connectivity index (χ2n) is 8.25. The van der Waals surface area contributed by atoms with Crippen LogP contribution < -0.4 is 4.90 Å². The van der Waals surface area contributed by atoms with Crippen LogP contribution in [0.4, 0.5) is 11.4 Å². The maximum Gasteiger partial charge on any atom is 0.338 e. The van der Waals surface area contributed by atoms with E-state index in [9.17, 15) is 28.1 Å². The zero-order valence-electron chi connectivity index (χ0n) is 18.8. The van der Waals surface area contributed by atoms with Crippen molar-refractivity contribution in [3.63, 3.8) is 0 Å². The summed E-state index contributed by atoms with van der Waals surface area (Å²) < 4.78 is 34.2. The van der Waals surface area contributed by atoms with Crippen molar-refractivity contribution >= 4 is 33.1 Å². The number of morpholine rings is 1. The maximum absolute atomic E-state index is 12.8. The highest BCUT2D eigenvalue weighted by molar-refractivity contribution is 7.91. The van der Waals surface area contributed by atoms with Crippen molar-refractivity contribution in [2.24, 2.45) is 0 Å². The van der Waals surface area contributed by atoms with Crippen molar-refractivity contribution in [1.82, 2.24) is 4.90 Å². The molecule has 33 heavy (non-hydrogen) atoms. The van der Waals surface area contributed by atoms with Gasteiger partial charge in [0.15, 0.2) is 16.4 Å². The predicted octanol–water partition coefficient (Wildman–Crippen LogP) is 1.40. The fourth-order valence-electron chi connectivity index (χ4n) is 4.15. The van der Waals surface area contributed by atoms with E-state index in [2.05, 4.69) is 0 Å². The number of nitro benzene ring substituents is 1. The van der Waals surface area contributed by atoms with E-state index in [1.807, 2.05) is 18.7 Å². The molecule has 0 radical (unpaired) electrons. The van der Waals surface area contributed by atoms with Crippen LogP contribution in [0.2, 0.25) is 0 Å². The fraction of sp³-hybridized carbons (Fsp3) is 0.619. The van der Waals surface area contributed by atoms with E-state index < -0.39 is 39.3 Å². The summed E-state index contributed by atoms with van der Waals surface area (Å²) in [7, 11) is -3.19. The van der Waals surface area contributed by atoms with Gasteiger partial charge < -0.3 is 19.3 Å². The van der Waals surface area contributed by atoms with Crippen LogP contribution in [0.3, 0.4) is 0 Å². The minimum Gasteiger partial charge on any atom is -0.452 e. The Morgan fingerprint density at radius 3 is 2.61 bits per heavy atom. The summed E-state index contributed by atoms with van der Waals surface area (Å²) in [5.74, 6) is -1.43. The first-order valence-electron chi connectivity index (χ1n) is 10.9. The average Bonchev–Trinajstić information content (AvgIpc) is 3.16. The van der Waals surface area contributed by atoms with Gasteiger partial charge in [-0.15, -0.1) is 0 Å². The summed E-state index contributed by atoms with van der Waals surface area (Å²) in [5.41, 5.74) is 0.126. The average molecular weight is 484 g/mol. The number of amides is 1. The second-order valence-corrected chi connectivity index (χ2v) is 10.5. The number of sulfone groups is 1. The molecule has 1 amide bonds. The molecule has 0 saturated carbocycles.